The zero-order valence-electron chi connectivity index (χ0n) is 13.7. The number of sulfonamides is 1. The van der Waals surface area contributed by atoms with Crippen molar-refractivity contribution < 1.29 is 39.6 Å². The van der Waals surface area contributed by atoms with Gasteiger partial charge in [0.2, 0.25) is 0 Å². The Labute approximate surface area is 155 Å². The first kappa shape index (κ1) is 21.5. The Morgan fingerprint density at radius 1 is 0.929 bits per heavy atom. The van der Waals surface area contributed by atoms with Gasteiger partial charge in [-0.3, -0.25) is 9.52 Å². The van der Waals surface area contributed by atoms with E-state index in [2.05, 4.69) is 0 Å². The van der Waals surface area contributed by atoms with E-state index in [0.29, 0.717) is 12.1 Å². The van der Waals surface area contributed by atoms with Gasteiger partial charge in [0, 0.05) is 0 Å². The molecule has 0 atom stereocenters. The molecular formula is C16H12F6N2O3S. The van der Waals surface area contributed by atoms with Crippen LogP contribution in [0.25, 0.3) is 0 Å². The van der Waals surface area contributed by atoms with E-state index in [1.54, 1.807) is 5.32 Å². The van der Waals surface area contributed by atoms with Crippen LogP contribution in [0.4, 0.5) is 32.0 Å². The number of amides is 1. The van der Waals surface area contributed by atoms with Crippen molar-refractivity contribution in [2.45, 2.75) is 17.2 Å². The van der Waals surface area contributed by atoms with Crippen molar-refractivity contribution in [2.75, 3.05) is 11.3 Å². The summed E-state index contributed by atoms with van der Waals surface area (Å²) in [6.45, 7) is -1.64. The molecule has 2 rings (SSSR count). The van der Waals surface area contributed by atoms with Crippen molar-refractivity contribution >= 4 is 21.6 Å². The second-order valence-corrected chi connectivity index (χ2v) is 7.16. The lowest BCUT2D eigenvalue weighted by Gasteiger charge is -2.14. The standard InChI is InChI=1S/C16H12F6N2O3S/c17-15(18,19)9-23-14(25)12-6-1-2-7-13(12)24-28(26,27)11-5-3-4-10(8-11)16(20,21)22/h1-8,24H,9H2,(H,23,25). The Hall–Kier alpha value is -2.76. The van der Waals surface area contributed by atoms with E-state index in [4.69, 9.17) is 0 Å². The first-order valence-electron chi connectivity index (χ1n) is 7.44. The van der Waals surface area contributed by atoms with Gasteiger partial charge in [-0.15, -0.1) is 0 Å². The number of hydrogen-bond donors (Lipinski definition) is 2. The smallest absolute Gasteiger partial charge is 0.343 e. The average molecular weight is 426 g/mol. The summed E-state index contributed by atoms with van der Waals surface area (Å²) in [4.78, 5) is 11.2. The summed E-state index contributed by atoms with van der Waals surface area (Å²) in [7, 11) is -4.55. The highest BCUT2D eigenvalue weighted by Crippen LogP contribution is 2.31. The molecule has 0 saturated carbocycles. The molecule has 0 fully saturated rings. The third-order valence-corrected chi connectivity index (χ3v) is 4.70. The van der Waals surface area contributed by atoms with E-state index in [0.717, 1.165) is 24.3 Å². The zero-order chi connectivity index (χ0) is 21.2. The van der Waals surface area contributed by atoms with Crippen molar-refractivity contribution in [2.24, 2.45) is 0 Å². The number of alkyl halides is 6. The molecule has 0 aromatic heterocycles. The third kappa shape index (κ3) is 5.62. The summed E-state index contributed by atoms with van der Waals surface area (Å²) in [5, 5.41) is 1.59. The SMILES string of the molecule is O=C(NCC(F)(F)F)c1ccccc1NS(=O)(=O)c1cccc(C(F)(F)F)c1. The molecular weight excluding hydrogens is 414 g/mol. The zero-order valence-corrected chi connectivity index (χ0v) is 14.5. The van der Waals surface area contributed by atoms with E-state index < -0.39 is 50.9 Å². The number of carbonyl (C=O) groups excluding carboxylic acids is 1. The number of anilines is 1. The predicted octanol–water partition coefficient (Wildman–Crippen LogP) is 3.80. The lowest BCUT2D eigenvalue weighted by Crippen LogP contribution is -2.34. The number of benzene rings is 2. The summed E-state index contributed by atoms with van der Waals surface area (Å²) < 4.78 is 102. The average Bonchev–Trinajstić information content (AvgIpc) is 2.58. The van der Waals surface area contributed by atoms with Gasteiger partial charge in [0.15, 0.2) is 0 Å². The molecule has 0 radical (unpaired) electrons. The molecule has 5 nitrogen and oxygen atoms in total. The van der Waals surface area contributed by atoms with Crippen molar-refractivity contribution in [1.82, 2.24) is 5.32 Å². The highest BCUT2D eigenvalue weighted by Gasteiger charge is 2.32. The van der Waals surface area contributed by atoms with Crippen molar-refractivity contribution in [3.8, 4) is 0 Å². The molecule has 28 heavy (non-hydrogen) atoms. The Bertz CT molecular complexity index is 971. The van der Waals surface area contributed by atoms with Gasteiger partial charge in [-0.2, -0.15) is 26.3 Å². The molecule has 2 aromatic rings. The minimum absolute atomic E-state index is 0.389. The van der Waals surface area contributed by atoms with Crippen molar-refractivity contribution in [3.05, 3.63) is 59.7 Å². The molecule has 0 spiro atoms. The minimum Gasteiger partial charge on any atom is -0.343 e. The van der Waals surface area contributed by atoms with Crippen LogP contribution in [0.1, 0.15) is 15.9 Å². The maximum absolute atomic E-state index is 12.8. The molecule has 12 heteroatoms. The highest BCUT2D eigenvalue weighted by atomic mass is 32.2. The summed E-state index contributed by atoms with van der Waals surface area (Å²) in [6, 6.07) is 7.61. The molecule has 0 aliphatic carbocycles. The van der Waals surface area contributed by atoms with Gasteiger partial charge in [-0.05, 0) is 30.3 Å². The summed E-state index contributed by atoms with van der Waals surface area (Å²) in [6.07, 6.45) is -9.46. The number of rotatable bonds is 5. The first-order chi connectivity index (χ1) is 12.8. The largest absolute Gasteiger partial charge is 0.416 e. The van der Waals surface area contributed by atoms with E-state index in [-0.39, 0.29) is 5.69 Å². The van der Waals surface area contributed by atoms with Gasteiger partial charge in [0.05, 0.1) is 21.7 Å². The molecule has 0 saturated heterocycles. The molecule has 0 aliphatic rings. The van der Waals surface area contributed by atoms with E-state index >= 15 is 0 Å². The van der Waals surface area contributed by atoms with Crippen LogP contribution in [0, 0.1) is 0 Å². The molecule has 152 valence electrons. The van der Waals surface area contributed by atoms with Crippen LogP contribution in [-0.4, -0.2) is 27.0 Å². The monoisotopic (exact) mass is 426 g/mol. The quantitative estimate of drug-likeness (QED) is 0.715. The Balaban J connectivity index is 2.32. The normalized spacial score (nSPS) is 12.5. The number of para-hydroxylation sites is 1. The van der Waals surface area contributed by atoms with Crippen LogP contribution in [-0.2, 0) is 16.2 Å². The van der Waals surface area contributed by atoms with Crippen molar-refractivity contribution in [1.29, 1.82) is 0 Å². The molecule has 1 amide bonds. The molecule has 0 aliphatic heterocycles. The fourth-order valence-corrected chi connectivity index (χ4v) is 3.21. The van der Waals surface area contributed by atoms with E-state index in [1.807, 2.05) is 4.72 Å². The van der Waals surface area contributed by atoms with Crippen LogP contribution < -0.4 is 10.0 Å². The lowest BCUT2D eigenvalue weighted by molar-refractivity contribution is -0.137. The number of halogens is 6. The fourth-order valence-electron chi connectivity index (χ4n) is 2.09. The minimum atomic E-state index is -4.78. The summed E-state index contributed by atoms with van der Waals surface area (Å²) in [5.41, 5.74) is -2.02. The second kappa shape index (κ2) is 7.70. The van der Waals surface area contributed by atoms with Gasteiger partial charge >= 0.3 is 12.4 Å². The number of nitrogens with one attached hydrogen (secondary N) is 2. The van der Waals surface area contributed by atoms with E-state index in [9.17, 15) is 39.6 Å². The van der Waals surface area contributed by atoms with Crippen LogP contribution in [0.5, 0.6) is 0 Å². The summed E-state index contributed by atoms with van der Waals surface area (Å²) in [5.74, 6) is -1.21. The highest BCUT2D eigenvalue weighted by molar-refractivity contribution is 7.92. The van der Waals surface area contributed by atoms with Crippen LogP contribution >= 0.6 is 0 Å². The van der Waals surface area contributed by atoms with Crippen LogP contribution in [0.2, 0.25) is 0 Å². The Morgan fingerprint density at radius 3 is 2.18 bits per heavy atom. The maximum Gasteiger partial charge on any atom is 0.416 e. The lowest BCUT2D eigenvalue weighted by atomic mass is 10.1. The Morgan fingerprint density at radius 2 is 1.57 bits per heavy atom. The molecule has 0 heterocycles. The summed E-state index contributed by atoms with van der Waals surface area (Å²) >= 11 is 0. The second-order valence-electron chi connectivity index (χ2n) is 5.47. The van der Waals surface area contributed by atoms with E-state index in [1.165, 1.54) is 12.1 Å². The molecule has 2 aromatic carbocycles. The fraction of sp³-hybridized carbons (Fsp3) is 0.188. The number of carbonyl (C=O) groups is 1. The topological polar surface area (TPSA) is 75.3 Å². The molecule has 0 unspecified atom stereocenters. The van der Waals surface area contributed by atoms with Gasteiger partial charge in [-0.1, -0.05) is 18.2 Å². The maximum atomic E-state index is 12.8. The van der Waals surface area contributed by atoms with Crippen molar-refractivity contribution in [3.63, 3.8) is 0 Å². The van der Waals surface area contributed by atoms with Crippen LogP contribution in [0.3, 0.4) is 0 Å². The van der Waals surface area contributed by atoms with Gasteiger partial charge in [0.25, 0.3) is 15.9 Å². The van der Waals surface area contributed by atoms with Crippen LogP contribution in [0.15, 0.2) is 53.4 Å². The third-order valence-electron chi connectivity index (χ3n) is 3.34. The number of hydrogen-bond acceptors (Lipinski definition) is 3. The van der Waals surface area contributed by atoms with Gasteiger partial charge in [-0.25, -0.2) is 8.42 Å². The van der Waals surface area contributed by atoms with Gasteiger partial charge < -0.3 is 5.32 Å². The van der Waals surface area contributed by atoms with Gasteiger partial charge in [0.1, 0.15) is 6.54 Å². The Kier molecular flexibility index (Phi) is 5.92. The molecule has 0 bridgehead atoms. The first-order valence-corrected chi connectivity index (χ1v) is 8.92. The predicted molar refractivity (Wildman–Crippen MR) is 87.1 cm³/mol. The molecule has 2 N–H and O–H groups in total.